The quantitative estimate of drug-likeness (QED) is 0.935. The van der Waals surface area contributed by atoms with E-state index >= 15 is 0 Å². The molecule has 2 aromatic rings. The van der Waals surface area contributed by atoms with Crippen molar-refractivity contribution < 1.29 is 18.7 Å². The third kappa shape index (κ3) is 3.19. The number of nitrogens with one attached hydrogen (secondary N) is 1. The van der Waals surface area contributed by atoms with Crippen LogP contribution in [0.3, 0.4) is 0 Å². The molecular weight excluding hydrogens is 313 g/mol. The molecule has 1 atom stereocenters. The lowest BCUT2D eigenvalue weighted by atomic mass is 10.2. The Morgan fingerprint density at radius 2 is 2.21 bits per heavy atom. The number of ether oxygens (including phenoxy) is 1. The van der Waals surface area contributed by atoms with Gasteiger partial charge in [0.05, 0.1) is 7.11 Å². The van der Waals surface area contributed by atoms with Crippen LogP contribution in [0.1, 0.15) is 12.8 Å². The molecule has 3 rings (SSSR count). The number of carbonyl (C=O) groups excluding carboxylic acids is 2. The van der Waals surface area contributed by atoms with E-state index < -0.39 is 11.9 Å². The molecule has 0 bridgehead atoms. The van der Waals surface area contributed by atoms with Crippen LogP contribution in [-0.2, 0) is 9.59 Å². The first-order valence-electron chi connectivity index (χ1n) is 7.47. The van der Waals surface area contributed by atoms with Crippen molar-refractivity contribution in [1.82, 2.24) is 4.98 Å². The van der Waals surface area contributed by atoms with Crippen molar-refractivity contribution in [3.63, 3.8) is 0 Å². The van der Waals surface area contributed by atoms with Crippen LogP contribution < -0.4 is 15.0 Å². The summed E-state index contributed by atoms with van der Waals surface area (Å²) in [7, 11) is 1.51. The molecular formula is C17H16FN3O3. The smallest absolute Gasteiger partial charge is 0.247 e. The molecule has 124 valence electrons. The fraction of sp³-hybridized carbons (Fsp3) is 0.235. The molecule has 1 fully saturated rings. The lowest BCUT2D eigenvalue weighted by Gasteiger charge is -2.23. The zero-order chi connectivity index (χ0) is 17.1. The van der Waals surface area contributed by atoms with Gasteiger partial charge in [0, 0.05) is 24.4 Å². The number of methoxy groups -OCH3 is 1. The zero-order valence-electron chi connectivity index (χ0n) is 13.0. The highest BCUT2D eigenvalue weighted by Gasteiger charge is 2.38. The van der Waals surface area contributed by atoms with Crippen molar-refractivity contribution >= 4 is 23.3 Å². The third-order valence-electron chi connectivity index (χ3n) is 3.81. The van der Waals surface area contributed by atoms with E-state index in [-0.39, 0.29) is 18.2 Å². The van der Waals surface area contributed by atoms with E-state index in [1.807, 2.05) is 0 Å². The van der Waals surface area contributed by atoms with E-state index in [0.29, 0.717) is 23.7 Å². The van der Waals surface area contributed by atoms with Gasteiger partial charge in [-0.2, -0.15) is 0 Å². The van der Waals surface area contributed by atoms with E-state index in [9.17, 15) is 14.0 Å². The maximum atomic E-state index is 13.2. The lowest BCUT2D eigenvalue weighted by Crippen LogP contribution is -2.42. The molecule has 2 heterocycles. The number of amides is 2. The minimum atomic E-state index is -0.694. The van der Waals surface area contributed by atoms with E-state index in [2.05, 4.69) is 10.3 Å². The number of nitrogens with zero attached hydrogens (tertiary/aromatic N) is 2. The topological polar surface area (TPSA) is 71.5 Å². The summed E-state index contributed by atoms with van der Waals surface area (Å²) in [6, 6.07) is 8.18. The molecule has 1 saturated heterocycles. The van der Waals surface area contributed by atoms with Crippen LogP contribution in [0.15, 0.2) is 42.6 Å². The summed E-state index contributed by atoms with van der Waals surface area (Å²) in [4.78, 5) is 30.2. The second kappa shape index (κ2) is 6.66. The Kier molecular flexibility index (Phi) is 4.41. The monoisotopic (exact) mass is 329 g/mol. The highest BCUT2D eigenvalue weighted by atomic mass is 19.1. The highest BCUT2D eigenvalue weighted by molar-refractivity contribution is 6.07. The molecule has 7 heteroatoms. The Labute approximate surface area is 138 Å². The van der Waals surface area contributed by atoms with Gasteiger partial charge in [0.1, 0.15) is 23.4 Å². The summed E-state index contributed by atoms with van der Waals surface area (Å²) in [5, 5.41) is 2.64. The molecule has 0 radical (unpaired) electrons. The van der Waals surface area contributed by atoms with Gasteiger partial charge in [0.25, 0.3) is 0 Å². The second-order valence-electron chi connectivity index (χ2n) is 5.37. The van der Waals surface area contributed by atoms with Gasteiger partial charge < -0.3 is 10.1 Å². The lowest BCUT2D eigenvalue weighted by molar-refractivity contribution is -0.120. The average Bonchev–Trinajstić information content (AvgIpc) is 2.96. The van der Waals surface area contributed by atoms with Crippen molar-refractivity contribution in [2.24, 2.45) is 0 Å². The number of benzene rings is 1. The van der Waals surface area contributed by atoms with Crippen molar-refractivity contribution in [2.75, 3.05) is 17.3 Å². The molecule has 1 unspecified atom stereocenters. The summed E-state index contributed by atoms with van der Waals surface area (Å²) in [6.45, 7) is 0. The molecule has 2 amide bonds. The molecule has 0 saturated carbocycles. The molecule has 1 aliphatic heterocycles. The summed E-state index contributed by atoms with van der Waals surface area (Å²) in [6.07, 6.45) is 2.14. The molecule has 1 aromatic heterocycles. The van der Waals surface area contributed by atoms with E-state index in [1.165, 1.54) is 36.4 Å². The number of anilines is 2. The number of aromatic nitrogens is 1. The fourth-order valence-electron chi connectivity index (χ4n) is 2.67. The van der Waals surface area contributed by atoms with Crippen LogP contribution in [0.5, 0.6) is 5.75 Å². The number of carbonyl (C=O) groups is 2. The van der Waals surface area contributed by atoms with Gasteiger partial charge in [0.2, 0.25) is 11.8 Å². The van der Waals surface area contributed by atoms with Gasteiger partial charge in [-0.05, 0) is 30.7 Å². The van der Waals surface area contributed by atoms with Gasteiger partial charge in [-0.15, -0.1) is 0 Å². The average molecular weight is 329 g/mol. The fourth-order valence-corrected chi connectivity index (χ4v) is 2.67. The number of halogens is 1. The van der Waals surface area contributed by atoms with E-state index in [4.69, 9.17) is 4.74 Å². The minimum Gasteiger partial charge on any atom is -0.497 e. The number of pyridine rings is 1. The number of rotatable bonds is 4. The first-order valence-corrected chi connectivity index (χ1v) is 7.47. The van der Waals surface area contributed by atoms with Crippen LogP contribution in [0, 0.1) is 5.82 Å². The normalized spacial score (nSPS) is 17.0. The summed E-state index contributed by atoms with van der Waals surface area (Å²) >= 11 is 0. The van der Waals surface area contributed by atoms with E-state index in [0.717, 1.165) is 0 Å². The third-order valence-corrected chi connectivity index (χ3v) is 3.81. The van der Waals surface area contributed by atoms with Gasteiger partial charge in [-0.3, -0.25) is 14.5 Å². The maximum Gasteiger partial charge on any atom is 0.247 e. The first kappa shape index (κ1) is 15.9. The first-order chi connectivity index (χ1) is 11.6. The largest absolute Gasteiger partial charge is 0.497 e. The Hall–Kier alpha value is -2.96. The minimum absolute atomic E-state index is 0.185. The van der Waals surface area contributed by atoms with Crippen LogP contribution in [0.2, 0.25) is 0 Å². The van der Waals surface area contributed by atoms with Gasteiger partial charge >= 0.3 is 0 Å². The van der Waals surface area contributed by atoms with Crippen LogP contribution in [-0.4, -0.2) is 29.9 Å². The van der Waals surface area contributed by atoms with Crippen LogP contribution in [0.25, 0.3) is 0 Å². The standard InChI is InChI=1S/C17H16FN3O3/c1-24-13-7-8-19-15(10-13)21-14(5-6-16(21)22)17(23)20-12-4-2-3-11(18)9-12/h2-4,7-10,14H,5-6H2,1H3,(H,20,23). The van der Waals surface area contributed by atoms with Crippen molar-refractivity contribution in [3.05, 3.63) is 48.4 Å². The Morgan fingerprint density at radius 3 is 2.96 bits per heavy atom. The number of hydrogen-bond acceptors (Lipinski definition) is 4. The van der Waals surface area contributed by atoms with Crippen LogP contribution in [0.4, 0.5) is 15.9 Å². The maximum absolute atomic E-state index is 13.2. The molecule has 1 aromatic carbocycles. The molecule has 6 nitrogen and oxygen atoms in total. The molecule has 24 heavy (non-hydrogen) atoms. The predicted molar refractivity (Wildman–Crippen MR) is 86.3 cm³/mol. The Morgan fingerprint density at radius 1 is 1.38 bits per heavy atom. The van der Waals surface area contributed by atoms with Gasteiger partial charge in [-0.25, -0.2) is 9.37 Å². The van der Waals surface area contributed by atoms with Crippen molar-refractivity contribution in [1.29, 1.82) is 0 Å². The summed E-state index contributed by atoms with van der Waals surface area (Å²) in [5.74, 6) is -0.104. The Bertz CT molecular complexity index is 781. The van der Waals surface area contributed by atoms with Gasteiger partial charge in [0.15, 0.2) is 0 Å². The summed E-state index contributed by atoms with van der Waals surface area (Å²) in [5.41, 5.74) is 0.345. The number of hydrogen-bond donors (Lipinski definition) is 1. The summed E-state index contributed by atoms with van der Waals surface area (Å²) < 4.78 is 18.4. The SMILES string of the molecule is COc1ccnc(N2C(=O)CCC2C(=O)Nc2cccc(F)c2)c1. The van der Waals surface area contributed by atoms with Gasteiger partial charge in [-0.1, -0.05) is 6.07 Å². The van der Waals surface area contributed by atoms with E-state index in [1.54, 1.807) is 18.2 Å². The highest BCUT2D eigenvalue weighted by Crippen LogP contribution is 2.28. The molecule has 1 N–H and O–H groups in total. The van der Waals surface area contributed by atoms with Crippen molar-refractivity contribution in [3.8, 4) is 5.75 Å². The van der Waals surface area contributed by atoms with Crippen molar-refractivity contribution in [2.45, 2.75) is 18.9 Å². The molecule has 0 spiro atoms. The predicted octanol–water partition coefficient (Wildman–Crippen LogP) is 2.36. The molecule has 0 aliphatic carbocycles. The second-order valence-corrected chi connectivity index (χ2v) is 5.37. The zero-order valence-corrected chi connectivity index (χ0v) is 13.0. The van der Waals surface area contributed by atoms with Crippen LogP contribution >= 0.6 is 0 Å². The molecule has 1 aliphatic rings. The Balaban J connectivity index is 1.83.